The fourth-order valence-corrected chi connectivity index (χ4v) is 2.05. The number of hydrogen-bond acceptors (Lipinski definition) is 2. The van der Waals surface area contributed by atoms with E-state index in [-0.39, 0.29) is 11.9 Å². The number of nitrogens with two attached hydrogens (primary N) is 1. The van der Waals surface area contributed by atoms with Gasteiger partial charge in [-0.3, -0.25) is 4.79 Å². The molecule has 1 heterocycles. The molecule has 0 aromatic carbocycles. The van der Waals surface area contributed by atoms with Crippen LogP contribution in [0.25, 0.3) is 0 Å². The predicted molar refractivity (Wildman–Crippen MR) is 55.7 cm³/mol. The van der Waals surface area contributed by atoms with Crippen LogP contribution >= 0.6 is 0 Å². The lowest BCUT2D eigenvalue weighted by Crippen LogP contribution is -2.50. The monoisotopic (exact) mass is 194 g/mol. The van der Waals surface area contributed by atoms with Crippen molar-refractivity contribution in [2.24, 2.45) is 11.7 Å². The average molecular weight is 194 g/mol. The Morgan fingerprint density at radius 1 is 1.43 bits per heavy atom. The van der Waals surface area contributed by atoms with Crippen molar-refractivity contribution >= 4 is 5.91 Å². The summed E-state index contributed by atoms with van der Waals surface area (Å²) in [6, 6.07) is -0.241. The molecule has 1 aliphatic heterocycles. The summed E-state index contributed by atoms with van der Waals surface area (Å²) in [5, 5.41) is 0. The van der Waals surface area contributed by atoms with Gasteiger partial charge in [-0.25, -0.2) is 0 Å². The molecule has 2 N–H and O–H groups in total. The Labute approximate surface area is 84.9 Å². The third kappa shape index (κ3) is 1.82. The minimum atomic E-state index is -0.241. The Morgan fingerprint density at radius 3 is 2.71 bits per heavy atom. The van der Waals surface area contributed by atoms with Crippen molar-refractivity contribution in [1.29, 1.82) is 0 Å². The van der Waals surface area contributed by atoms with E-state index in [9.17, 15) is 4.79 Å². The highest BCUT2D eigenvalue weighted by Crippen LogP contribution is 2.29. The van der Waals surface area contributed by atoms with Crippen molar-refractivity contribution in [3.05, 3.63) is 12.2 Å². The first-order chi connectivity index (χ1) is 6.79. The van der Waals surface area contributed by atoms with Crippen molar-refractivity contribution in [2.75, 3.05) is 13.1 Å². The molecule has 0 bridgehead atoms. The fourth-order valence-electron chi connectivity index (χ4n) is 2.05. The molecule has 1 fully saturated rings. The van der Waals surface area contributed by atoms with Crippen LogP contribution in [0.2, 0.25) is 0 Å². The van der Waals surface area contributed by atoms with Gasteiger partial charge in [-0.1, -0.05) is 18.6 Å². The van der Waals surface area contributed by atoms with Crippen LogP contribution in [0.15, 0.2) is 12.2 Å². The zero-order valence-corrected chi connectivity index (χ0v) is 8.48. The highest BCUT2D eigenvalue weighted by Gasteiger charge is 2.31. The standard InChI is InChI=1S/C11H18N2O/c12-10(9-5-4-6-9)11(14)13-7-2-1-3-8-13/h1-2,9-10H,3-8,12H2. The molecule has 3 heteroatoms. The fraction of sp³-hybridized carbons (Fsp3) is 0.727. The average Bonchev–Trinajstić information content (AvgIpc) is 2.15. The molecule has 3 nitrogen and oxygen atoms in total. The highest BCUT2D eigenvalue weighted by molar-refractivity contribution is 5.82. The van der Waals surface area contributed by atoms with E-state index in [0.717, 1.165) is 32.4 Å². The van der Waals surface area contributed by atoms with Gasteiger partial charge in [0.15, 0.2) is 0 Å². The zero-order valence-electron chi connectivity index (χ0n) is 8.48. The summed E-state index contributed by atoms with van der Waals surface area (Å²) in [7, 11) is 0. The summed E-state index contributed by atoms with van der Waals surface area (Å²) in [4.78, 5) is 13.8. The van der Waals surface area contributed by atoms with Crippen LogP contribution < -0.4 is 5.73 Å². The number of amides is 1. The van der Waals surface area contributed by atoms with E-state index < -0.39 is 0 Å². The minimum absolute atomic E-state index is 0.152. The van der Waals surface area contributed by atoms with Crippen molar-refractivity contribution in [1.82, 2.24) is 4.90 Å². The lowest BCUT2D eigenvalue weighted by molar-refractivity contribution is -0.134. The number of hydrogen-bond donors (Lipinski definition) is 1. The lowest BCUT2D eigenvalue weighted by Gasteiger charge is -2.34. The first-order valence-corrected chi connectivity index (χ1v) is 5.48. The Kier molecular flexibility index (Phi) is 2.87. The van der Waals surface area contributed by atoms with Crippen LogP contribution in [0.5, 0.6) is 0 Å². The van der Waals surface area contributed by atoms with Gasteiger partial charge in [-0.15, -0.1) is 0 Å². The van der Waals surface area contributed by atoms with E-state index in [4.69, 9.17) is 5.73 Å². The second-order valence-corrected chi connectivity index (χ2v) is 4.26. The molecule has 1 saturated carbocycles. The summed E-state index contributed by atoms with van der Waals surface area (Å²) in [6.07, 6.45) is 8.66. The van der Waals surface area contributed by atoms with Gasteiger partial charge in [0.25, 0.3) is 0 Å². The van der Waals surface area contributed by atoms with E-state index in [1.54, 1.807) is 0 Å². The summed E-state index contributed by atoms with van der Waals surface area (Å²) < 4.78 is 0. The minimum Gasteiger partial charge on any atom is -0.337 e. The summed E-state index contributed by atoms with van der Waals surface area (Å²) in [6.45, 7) is 1.59. The molecule has 0 radical (unpaired) electrons. The molecule has 0 aromatic heterocycles. The molecule has 1 atom stereocenters. The topological polar surface area (TPSA) is 46.3 Å². The smallest absolute Gasteiger partial charge is 0.240 e. The lowest BCUT2D eigenvalue weighted by atomic mass is 9.79. The van der Waals surface area contributed by atoms with Gasteiger partial charge < -0.3 is 10.6 Å². The van der Waals surface area contributed by atoms with Crippen LogP contribution in [0.3, 0.4) is 0 Å². The molecule has 14 heavy (non-hydrogen) atoms. The first kappa shape index (κ1) is 9.71. The van der Waals surface area contributed by atoms with Crippen LogP contribution in [0, 0.1) is 5.92 Å². The van der Waals surface area contributed by atoms with Crippen LogP contribution in [0.1, 0.15) is 25.7 Å². The van der Waals surface area contributed by atoms with Gasteiger partial charge in [0.2, 0.25) is 5.91 Å². The zero-order chi connectivity index (χ0) is 9.97. The predicted octanol–water partition coefficient (Wildman–Crippen LogP) is 0.902. The maximum atomic E-state index is 11.9. The molecule has 1 amide bonds. The second kappa shape index (κ2) is 4.13. The third-order valence-corrected chi connectivity index (χ3v) is 3.31. The molecule has 1 unspecified atom stereocenters. The van der Waals surface area contributed by atoms with Crippen molar-refractivity contribution < 1.29 is 4.79 Å². The molecular weight excluding hydrogens is 176 g/mol. The Bertz CT molecular complexity index is 246. The van der Waals surface area contributed by atoms with Crippen LogP contribution in [0.4, 0.5) is 0 Å². The number of nitrogens with zero attached hydrogens (tertiary/aromatic N) is 1. The molecule has 78 valence electrons. The van der Waals surface area contributed by atoms with Crippen molar-refractivity contribution in [3.8, 4) is 0 Å². The Hall–Kier alpha value is -0.830. The highest BCUT2D eigenvalue weighted by atomic mass is 16.2. The number of rotatable bonds is 2. The molecule has 0 aromatic rings. The molecule has 2 rings (SSSR count). The van der Waals surface area contributed by atoms with E-state index in [0.29, 0.717) is 5.92 Å². The van der Waals surface area contributed by atoms with Crippen LogP contribution in [-0.4, -0.2) is 29.9 Å². The normalized spacial score (nSPS) is 24.5. The Morgan fingerprint density at radius 2 is 2.21 bits per heavy atom. The Balaban J connectivity index is 1.89. The van der Waals surface area contributed by atoms with Gasteiger partial charge in [0.05, 0.1) is 6.04 Å². The van der Waals surface area contributed by atoms with E-state index >= 15 is 0 Å². The van der Waals surface area contributed by atoms with E-state index in [1.807, 2.05) is 4.90 Å². The molecule has 0 saturated heterocycles. The maximum Gasteiger partial charge on any atom is 0.240 e. The first-order valence-electron chi connectivity index (χ1n) is 5.48. The van der Waals surface area contributed by atoms with Gasteiger partial charge in [-0.2, -0.15) is 0 Å². The number of carbonyl (C=O) groups excluding carboxylic acids is 1. The third-order valence-electron chi connectivity index (χ3n) is 3.31. The largest absolute Gasteiger partial charge is 0.337 e. The molecular formula is C11H18N2O. The molecule has 0 spiro atoms. The van der Waals surface area contributed by atoms with Gasteiger partial charge in [0, 0.05) is 13.1 Å². The molecule has 2 aliphatic rings. The summed E-state index contributed by atoms with van der Waals surface area (Å²) in [5.41, 5.74) is 5.94. The maximum absolute atomic E-state index is 11.9. The van der Waals surface area contributed by atoms with E-state index in [2.05, 4.69) is 12.2 Å². The SMILES string of the molecule is NC(C(=O)N1CC=CCC1)C1CCC1. The van der Waals surface area contributed by atoms with E-state index in [1.165, 1.54) is 6.42 Å². The van der Waals surface area contributed by atoms with Crippen molar-refractivity contribution in [2.45, 2.75) is 31.7 Å². The van der Waals surface area contributed by atoms with Gasteiger partial charge in [-0.05, 0) is 25.2 Å². The summed E-state index contributed by atoms with van der Waals surface area (Å²) >= 11 is 0. The summed E-state index contributed by atoms with van der Waals surface area (Å²) in [5.74, 6) is 0.604. The van der Waals surface area contributed by atoms with Crippen molar-refractivity contribution in [3.63, 3.8) is 0 Å². The van der Waals surface area contributed by atoms with Gasteiger partial charge in [0.1, 0.15) is 0 Å². The quantitative estimate of drug-likeness (QED) is 0.664. The number of carbonyl (C=O) groups is 1. The second-order valence-electron chi connectivity index (χ2n) is 4.26. The van der Waals surface area contributed by atoms with Crippen LogP contribution in [-0.2, 0) is 4.79 Å². The molecule has 1 aliphatic carbocycles. The van der Waals surface area contributed by atoms with Gasteiger partial charge >= 0.3 is 0 Å².